The van der Waals surface area contributed by atoms with Gasteiger partial charge in [0.1, 0.15) is 17.5 Å². The van der Waals surface area contributed by atoms with Crippen molar-refractivity contribution in [3.8, 4) is 17.2 Å². The molecule has 0 aliphatic rings. The van der Waals surface area contributed by atoms with Crippen molar-refractivity contribution in [2.24, 2.45) is 0 Å². The molecule has 0 atom stereocenters. The van der Waals surface area contributed by atoms with Crippen LogP contribution >= 0.6 is 11.6 Å². The Labute approximate surface area is 119 Å². The average Bonchev–Trinajstić information content (AvgIpc) is 2.38. The number of nitrogens with zero attached hydrogens (tertiary/aromatic N) is 3. The number of rotatable bonds is 2. The summed E-state index contributed by atoms with van der Waals surface area (Å²) in [5, 5.41) is 20.3. The van der Waals surface area contributed by atoms with E-state index in [0.29, 0.717) is 21.8 Å². The average molecular weight is 289 g/mol. The molecule has 0 saturated heterocycles. The van der Waals surface area contributed by atoms with Gasteiger partial charge in [-0.25, -0.2) is 4.98 Å². The molecule has 0 fully saturated rings. The lowest BCUT2D eigenvalue weighted by Crippen LogP contribution is -2.00. The van der Waals surface area contributed by atoms with Crippen LogP contribution in [0.2, 0.25) is 5.02 Å². The predicted octanol–water partition coefficient (Wildman–Crippen LogP) is 3.07. The minimum absolute atomic E-state index is 0.0741. The van der Waals surface area contributed by atoms with Gasteiger partial charge in [-0.3, -0.25) is 10.1 Å². The van der Waals surface area contributed by atoms with E-state index in [2.05, 4.69) is 4.98 Å². The molecular weight excluding hydrogens is 280 g/mol. The first-order chi connectivity index (χ1) is 9.43. The van der Waals surface area contributed by atoms with Crippen LogP contribution < -0.4 is 5.73 Å². The van der Waals surface area contributed by atoms with E-state index in [-0.39, 0.29) is 17.1 Å². The Balaban J connectivity index is 2.77. The fourth-order valence-electron chi connectivity index (χ4n) is 1.86. The highest BCUT2D eigenvalue weighted by Crippen LogP contribution is 2.35. The molecule has 0 saturated carbocycles. The van der Waals surface area contributed by atoms with Crippen molar-refractivity contribution >= 4 is 23.1 Å². The summed E-state index contributed by atoms with van der Waals surface area (Å²) in [5.74, 6) is 0.0741. The van der Waals surface area contributed by atoms with Gasteiger partial charge in [-0.15, -0.1) is 0 Å². The number of non-ortho nitro benzene ring substituents is 1. The molecular formula is C13H9ClN4O2. The van der Waals surface area contributed by atoms with Crippen molar-refractivity contribution in [1.29, 1.82) is 5.26 Å². The number of aryl methyl sites for hydroxylation is 1. The van der Waals surface area contributed by atoms with Crippen molar-refractivity contribution in [2.45, 2.75) is 6.92 Å². The van der Waals surface area contributed by atoms with Crippen LogP contribution in [0.25, 0.3) is 11.1 Å². The normalized spacial score (nSPS) is 10.1. The highest BCUT2D eigenvalue weighted by molar-refractivity contribution is 6.33. The summed E-state index contributed by atoms with van der Waals surface area (Å²) in [6.07, 6.45) is 0. The van der Waals surface area contributed by atoms with Crippen molar-refractivity contribution in [3.05, 3.63) is 50.7 Å². The van der Waals surface area contributed by atoms with E-state index in [9.17, 15) is 15.4 Å². The molecule has 1 aromatic carbocycles. The zero-order chi connectivity index (χ0) is 14.9. The van der Waals surface area contributed by atoms with Gasteiger partial charge in [0.25, 0.3) is 5.69 Å². The molecule has 0 aliphatic carbocycles. The second-order valence-corrected chi connectivity index (χ2v) is 4.51. The number of nitro groups is 1. The fraction of sp³-hybridized carbons (Fsp3) is 0.0769. The molecule has 0 amide bonds. The van der Waals surface area contributed by atoms with E-state index in [1.807, 2.05) is 6.07 Å². The topological polar surface area (TPSA) is 106 Å². The molecule has 1 aromatic heterocycles. The smallest absolute Gasteiger partial charge is 0.270 e. The van der Waals surface area contributed by atoms with Crippen molar-refractivity contribution in [3.63, 3.8) is 0 Å². The number of nitro benzene ring substituents is 1. The van der Waals surface area contributed by atoms with Crippen LogP contribution in [-0.2, 0) is 0 Å². The molecule has 0 radical (unpaired) electrons. The monoisotopic (exact) mass is 288 g/mol. The molecule has 0 aliphatic heterocycles. The zero-order valence-electron chi connectivity index (χ0n) is 10.4. The van der Waals surface area contributed by atoms with Gasteiger partial charge in [0.15, 0.2) is 0 Å². The first kappa shape index (κ1) is 13.8. The number of anilines is 1. The van der Waals surface area contributed by atoms with Crippen molar-refractivity contribution in [1.82, 2.24) is 4.98 Å². The molecule has 20 heavy (non-hydrogen) atoms. The Kier molecular flexibility index (Phi) is 3.55. The molecule has 7 heteroatoms. The van der Waals surface area contributed by atoms with Gasteiger partial charge < -0.3 is 5.73 Å². The maximum atomic E-state index is 10.8. The third kappa shape index (κ3) is 2.39. The number of pyridine rings is 1. The van der Waals surface area contributed by atoms with Gasteiger partial charge in [0, 0.05) is 34.0 Å². The second-order valence-electron chi connectivity index (χ2n) is 4.10. The number of aromatic nitrogens is 1. The summed E-state index contributed by atoms with van der Waals surface area (Å²) >= 11 is 6.08. The van der Waals surface area contributed by atoms with Crippen molar-refractivity contribution in [2.75, 3.05) is 5.73 Å². The minimum Gasteiger partial charge on any atom is -0.383 e. The second kappa shape index (κ2) is 5.15. The highest BCUT2D eigenvalue weighted by atomic mass is 35.5. The lowest BCUT2D eigenvalue weighted by atomic mass is 10.00. The first-order valence-electron chi connectivity index (χ1n) is 5.55. The van der Waals surface area contributed by atoms with Gasteiger partial charge in [0.2, 0.25) is 0 Å². The Morgan fingerprint density at radius 1 is 1.40 bits per heavy atom. The maximum Gasteiger partial charge on any atom is 0.270 e. The Morgan fingerprint density at radius 3 is 2.70 bits per heavy atom. The van der Waals surface area contributed by atoms with Gasteiger partial charge in [-0.1, -0.05) is 11.6 Å². The summed E-state index contributed by atoms with van der Waals surface area (Å²) < 4.78 is 0. The van der Waals surface area contributed by atoms with Crippen LogP contribution in [0.5, 0.6) is 0 Å². The molecule has 2 rings (SSSR count). The lowest BCUT2D eigenvalue weighted by Gasteiger charge is -2.09. The molecule has 6 nitrogen and oxygen atoms in total. The molecule has 0 unspecified atom stereocenters. The third-order valence-corrected chi connectivity index (χ3v) is 3.07. The van der Waals surface area contributed by atoms with E-state index in [0.717, 1.165) is 0 Å². The minimum atomic E-state index is -0.525. The molecule has 100 valence electrons. The number of nitrogen functional groups attached to an aromatic ring is 1. The summed E-state index contributed by atoms with van der Waals surface area (Å²) in [6, 6.07) is 7.61. The molecule has 0 bridgehead atoms. The highest BCUT2D eigenvalue weighted by Gasteiger charge is 2.16. The molecule has 1 heterocycles. The predicted molar refractivity (Wildman–Crippen MR) is 75.2 cm³/mol. The number of nitrogens with two attached hydrogens (primary N) is 1. The van der Waals surface area contributed by atoms with Crippen LogP contribution in [0.4, 0.5) is 11.5 Å². The van der Waals surface area contributed by atoms with E-state index >= 15 is 0 Å². The van der Waals surface area contributed by atoms with Crippen LogP contribution in [-0.4, -0.2) is 9.91 Å². The number of nitriles is 1. The molecule has 2 aromatic rings. The van der Waals surface area contributed by atoms with Gasteiger partial charge >= 0.3 is 0 Å². The quantitative estimate of drug-likeness (QED) is 0.675. The Morgan fingerprint density at radius 2 is 2.10 bits per heavy atom. The SMILES string of the molecule is Cc1cc(-c2cc([N+](=O)[O-])ccc2Cl)c(C#N)c(N)n1. The standard InChI is InChI=1S/C13H9ClN4O2/c1-7-4-9(11(6-15)13(16)17-7)10-5-8(18(19)20)2-3-12(10)14/h2-5H,1H3,(H2,16,17). The summed E-state index contributed by atoms with van der Waals surface area (Å²) in [5.41, 5.74) is 7.17. The van der Waals surface area contributed by atoms with Crippen LogP contribution in [0.1, 0.15) is 11.3 Å². The molecule has 0 spiro atoms. The summed E-state index contributed by atoms with van der Waals surface area (Å²) in [7, 11) is 0. The van der Waals surface area contributed by atoms with Gasteiger partial charge in [-0.05, 0) is 19.1 Å². The Hall–Kier alpha value is -2.65. The van der Waals surface area contributed by atoms with E-state index in [4.69, 9.17) is 17.3 Å². The number of hydrogen-bond donors (Lipinski definition) is 1. The Bertz CT molecular complexity index is 753. The third-order valence-electron chi connectivity index (χ3n) is 2.74. The fourth-order valence-corrected chi connectivity index (χ4v) is 2.08. The van der Waals surface area contributed by atoms with E-state index < -0.39 is 4.92 Å². The number of hydrogen-bond acceptors (Lipinski definition) is 5. The van der Waals surface area contributed by atoms with Gasteiger partial charge in [0.05, 0.1) is 4.92 Å². The van der Waals surface area contributed by atoms with Crippen molar-refractivity contribution < 1.29 is 4.92 Å². The largest absolute Gasteiger partial charge is 0.383 e. The first-order valence-corrected chi connectivity index (χ1v) is 5.93. The van der Waals surface area contributed by atoms with E-state index in [1.165, 1.54) is 18.2 Å². The summed E-state index contributed by atoms with van der Waals surface area (Å²) in [4.78, 5) is 14.3. The van der Waals surface area contributed by atoms with Crippen LogP contribution in [0.3, 0.4) is 0 Å². The number of halogens is 1. The lowest BCUT2D eigenvalue weighted by molar-refractivity contribution is -0.384. The van der Waals surface area contributed by atoms with Crippen LogP contribution in [0, 0.1) is 28.4 Å². The zero-order valence-corrected chi connectivity index (χ0v) is 11.2. The van der Waals surface area contributed by atoms with E-state index in [1.54, 1.807) is 13.0 Å². The van der Waals surface area contributed by atoms with Crippen LogP contribution in [0.15, 0.2) is 24.3 Å². The maximum absolute atomic E-state index is 10.8. The van der Waals surface area contributed by atoms with Gasteiger partial charge in [-0.2, -0.15) is 5.26 Å². The summed E-state index contributed by atoms with van der Waals surface area (Å²) in [6.45, 7) is 1.71. The molecule has 2 N–H and O–H groups in total. The number of benzene rings is 1.